The molecule has 1 aliphatic rings. The first-order chi connectivity index (χ1) is 15.8. The van der Waals surface area contributed by atoms with Gasteiger partial charge in [-0.25, -0.2) is 9.86 Å². The van der Waals surface area contributed by atoms with Crippen LogP contribution in [0, 0.1) is 0 Å². The van der Waals surface area contributed by atoms with Gasteiger partial charge in [-0.1, -0.05) is 12.1 Å². The van der Waals surface area contributed by atoms with Crippen molar-refractivity contribution < 1.29 is 19.2 Å². The first-order valence-corrected chi connectivity index (χ1v) is 11.1. The number of nitrogens with zero attached hydrogens (tertiary/aromatic N) is 4. The average Bonchev–Trinajstić information content (AvgIpc) is 2.81. The normalized spacial score (nSPS) is 12.9. The minimum atomic E-state index is -0.252. The number of anilines is 1. The van der Waals surface area contributed by atoms with Crippen molar-refractivity contribution in [2.24, 2.45) is 0 Å². The fourth-order valence-corrected chi connectivity index (χ4v) is 4.05. The Morgan fingerprint density at radius 1 is 0.970 bits per heavy atom. The number of imide groups is 1. The zero-order chi connectivity index (χ0) is 24.1. The molecule has 4 amide bonds. The number of hydroxylamine groups is 2. The highest BCUT2D eigenvalue weighted by molar-refractivity contribution is 6.26. The van der Waals surface area contributed by atoms with Gasteiger partial charge in [0.05, 0.1) is 7.11 Å². The largest absolute Gasteiger partial charge is 0.377 e. The molecule has 33 heavy (non-hydrogen) atoms. The van der Waals surface area contributed by atoms with E-state index in [1.165, 1.54) is 17.1 Å². The Morgan fingerprint density at radius 2 is 1.67 bits per heavy atom. The van der Waals surface area contributed by atoms with E-state index >= 15 is 0 Å². The van der Waals surface area contributed by atoms with Crippen LogP contribution < -0.4 is 10.2 Å². The van der Waals surface area contributed by atoms with Gasteiger partial charge in [-0.05, 0) is 37.6 Å². The molecule has 0 atom stereocenters. The molecule has 9 nitrogen and oxygen atoms in total. The first-order valence-electron chi connectivity index (χ1n) is 11.1. The summed E-state index contributed by atoms with van der Waals surface area (Å²) >= 11 is 0. The van der Waals surface area contributed by atoms with Crippen LogP contribution >= 0.6 is 0 Å². The molecule has 1 N–H and O–H groups in total. The van der Waals surface area contributed by atoms with Crippen LogP contribution in [0.1, 0.15) is 33.6 Å². The van der Waals surface area contributed by atoms with E-state index in [2.05, 4.69) is 5.32 Å². The number of amides is 4. The monoisotopic (exact) mass is 455 g/mol. The molecular weight excluding hydrogens is 422 g/mol. The van der Waals surface area contributed by atoms with Gasteiger partial charge in [0.15, 0.2) is 0 Å². The minimum absolute atomic E-state index is 0.194. The van der Waals surface area contributed by atoms with Gasteiger partial charge in [-0.2, -0.15) is 0 Å². The van der Waals surface area contributed by atoms with Crippen molar-refractivity contribution >= 4 is 34.3 Å². The summed E-state index contributed by atoms with van der Waals surface area (Å²) in [4.78, 5) is 47.9. The van der Waals surface area contributed by atoms with Crippen LogP contribution in [0.2, 0.25) is 0 Å². The number of unbranched alkanes of at least 4 members (excludes halogenated alkanes) is 1. The molecule has 0 radical (unpaired) electrons. The second-order valence-corrected chi connectivity index (χ2v) is 8.36. The Balaban J connectivity index is 1.53. The number of rotatable bonds is 10. The second-order valence-electron chi connectivity index (χ2n) is 8.36. The molecule has 2 aromatic carbocycles. The van der Waals surface area contributed by atoms with Crippen molar-refractivity contribution in [1.82, 2.24) is 20.2 Å². The summed E-state index contributed by atoms with van der Waals surface area (Å²) in [5.41, 5.74) is 2.12. The lowest BCUT2D eigenvalue weighted by atomic mass is 9.93. The van der Waals surface area contributed by atoms with Gasteiger partial charge in [0.25, 0.3) is 11.8 Å². The Bertz CT molecular complexity index is 1020. The van der Waals surface area contributed by atoms with E-state index in [4.69, 9.17) is 4.84 Å². The predicted octanol–water partition coefficient (Wildman–Crippen LogP) is 2.42. The zero-order valence-electron chi connectivity index (χ0n) is 20.1. The van der Waals surface area contributed by atoms with Gasteiger partial charge in [0.2, 0.25) is 0 Å². The maximum atomic E-state index is 13.1. The highest BCUT2D eigenvalue weighted by Gasteiger charge is 2.33. The molecule has 9 heteroatoms. The fraction of sp³-hybridized carbons (Fsp3) is 0.458. The first kappa shape index (κ1) is 24.5. The van der Waals surface area contributed by atoms with Crippen LogP contribution in [0.15, 0.2) is 30.3 Å². The van der Waals surface area contributed by atoms with E-state index in [0.29, 0.717) is 30.8 Å². The molecule has 0 fully saturated rings. The van der Waals surface area contributed by atoms with E-state index in [0.717, 1.165) is 35.8 Å². The van der Waals surface area contributed by atoms with Crippen molar-refractivity contribution in [3.05, 3.63) is 41.5 Å². The Labute approximate surface area is 194 Å². The summed E-state index contributed by atoms with van der Waals surface area (Å²) < 4.78 is 0. The molecule has 0 aromatic heterocycles. The third-order valence-electron chi connectivity index (χ3n) is 5.93. The molecule has 1 aliphatic heterocycles. The van der Waals surface area contributed by atoms with E-state index in [1.807, 2.05) is 43.3 Å². The SMILES string of the molecule is CON(C)C(=O)N(C)CCCCNCCN1C(=O)c2cccc3c(N(C)C)ccc(c23)C1=O. The average molecular weight is 456 g/mol. The molecule has 0 unspecified atom stereocenters. The number of hydrogen-bond donors (Lipinski definition) is 1. The van der Waals surface area contributed by atoms with E-state index in [9.17, 15) is 14.4 Å². The van der Waals surface area contributed by atoms with Crippen molar-refractivity contribution in [2.75, 3.05) is 66.4 Å². The Kier molecular flexibility index (Phi) is 7.88. The van der Waals surface area contributed by atoms with Crippen molar-refractivity contribution in [3.63, 3.8) is 0 Å². The lowest BCUT2D eigenvalue weighted by Gasteiger charge is -2.28. The summed E-state index contributed by atoms with van der Waals surface area (Å²) in [7, 11) is 8.65. The Hall–Kier alpha value is -3.17. The van der Waals surface area contributed by atoms with Crippen LogP contribution in [-0.2, 0) is 4.84 Å². The molecule has 178 valence electrons. The van der Waals surface area contributed by atoms with Gasteiger partial charge in [0, 0.05) is 75.4 Å². The maximum Gasteiger partial charge on any atom is 0.343 e. The topological polar surface area (TPSA) is 85.4 Å². The second kappa shape index (κ2) is 10.6. The summed E-state index contributed by atoms with van der Waals surface area (Å²) in [6.45, 7) is 2.17. The highest BCUT2D eigenvalue weighted by Crippen LogP contribution is 2.35. The molecule has 0 saturated heterocycles. The van der Waals surface area contributed by atoms with Crippen molar-refractivity contribution in [3.8, 4) is 0 Å². The van der Waals surface area contributed by atoms with E-state index in [1.54, 1.807) is 25.1 Å². The van der Waals surface area contributed by atoms with Gasteiger partial charge >= 0.3 is 6.03 Å². The number of carbonyl (C=O) groups is 3. The smallest absolute Gasteiger partial charge is 0.343 e. The molecule has 0 bridgehead atoms. The summed E-state index contributed by atoms with van der Waals surface area (Å²) in [6, 6.07) is 9.16. The molecule has 0 aliphatic carbocycles. The summed E-state index contributed by atoms with van der Waals surface area (Å²) in [6.07, 6.45) is 1.70. The van der Waals surface area contributed by atoms with E-state index < -0.39 is 0 Å². The number of nitrogens with one attached hydrogen (secondary N) is 1. The summed E-state index contributed by atoms with van der Waals surface area (Å²) in [5, 5.41) is 6.13. The maximum absolute atomic E-state index is 13.1. The van der Waals surface area contributed by atoms with Crippen LogP contribution in [0.25, 0.3) is 10.8 Å². The number of urea groups is 1. The third kappa shape index (κ3) is 5.09. The van der Waals surface area contributed by atoms with Crippen LogP contribution in [0.3, 0.4) is 0 Å². The third-order valence-corrected chi connectivity index (χ3v) is 5.93. The molecule has 0 saturated carbocycles. The zero-order valence-corrected chi connectivity index (χ0v) is 20.1. The van der Waals surface area contributed by atoms with Gasteiger partial charge in [-0.3, -0.25) is 19.3 Å². The lowest BCUT2D eigenvalue weighted by Crippen LogP contribution is -2.44. The molecule has 3 rings (SSSR count). The molecule has 0 spiro atoms. The van der Waals surface area contributed by atoms with Crippen LogP contribution in [0.5, 0.6) is 0 Å². The molecule has 2 aromatic rings. The number of carbonyl (C=O) groups excluding carboxylic acids is 3. The van der Waals surface area contributed by atoms with E-state index in [-0.39, 0.29) is 17.8 Å². The lowest BCUT2D eigenvalue weighted by molar-refractivity contribution is -0.0743. The predicted molar refractivity (Wildman–Crippen MR) is 129 cm³/mol. The fourth-order valence-electron chi connectivity index (χ4n) is 4.05. The van der Waals surface area contributed by atoms with Crippen molar-refractivity contribution in [1.29, 1.82) is 0 Å². The van der Waals surface area contributed by atoms with Crippen molar-refractivity contribution in [2.45, 2.75) is 12.8 Å². The van der Waals surface area contributed by atoms with Crippen LogP contribution in [-0.4, -0.2) is 94.2 Å². The van der Waals surface area contributed by atoms with Gasteiger partial charge < -0.3 is 15.1 Å². The summed E-state index contributed by atoms with van der Waals surface area (Å²) in [5.74, 6) is -0.503. The quantitative estimate of drug-likeness (QED) is 0.336. The highest BCUT2D eigenvalue weighted by atomic mass is 16.7. The molecule has 1 heterocycles. The van der Waals surface area contributed by atoms with Crippen LogP contribution in [0.4, 0.5) is 10.5 Å². The minimum Gasteiger partial charge on any atom is -0.377 e. The van der Waals surface area contributed by atoms with Gasteiger partial charge in [-0.15, -0.1) is 0 Å². The molecular formula is C24H33N5O4. The number of benzene rings is 2. The number of hydrogen-bond acceptors (Lipinski definition) is 6. The standard InChI is InChI=1S/C24H33N5O4/c1-26(2)20-12-11-19-21-17(20)9-8-10-18(21)22(30)29(23(19)31)16-14-25-13-6-7-15-27(3)24(32)28(4)33-5/h8-12,25H,6-7,13-16H2,1-5H3. The van der Waals surface area contributed by atoms with Gasteiger partial charge in [0.1, 0.15) is 0 Å². The Morgan fingerprint density at radius 3 is 2.33 bits per heavy atom.